The van der Waals surface area contributed by atoms with Gasteiger partial charge in [0.1, 0.15) is 5.03 Å². The third-order valence-corrected chi connectivity index (χ3v) is 5.40. The second-order valence-electron chi connectivity index (χ2n) is 6.13. The zero-order valence-corrected chi connectivity index (χ0v) is 15.2. The monoisotopic (exact) mass is 369 g/mol. The Morgan fingerprint density at radius 2 is 1.67 bits per heavy atom. The van der Waals surface area contributed by atoms with Crippen molar-refractivity contribution in [1.29, 1.82) is 0 Å². The SMILES string of the molecule is c1ccc2c(CSc3ccc4nnc(-c5ccncc5)n4n3)cccc2c1. The number of hydrogen-bond donors (Lipinski definition) is 0. The molecule has 0 fully saturated rings. The molecule has 0 N–H and O–H groups in total. The fourth-order valence-corrected chi connectivity index (χ4v) is 3.96. The highest BCUT2D eigenvalue weighted by Gasteiger charge is 2.10. The lowest BCUT2D eigenvalue weighted by molar-refractivity contribution is 0.860. The van der Waals surface area contributed by atoms with Gasteiger partial charge in [-0.15, -0.1) is 10.2 Å². The normalized spacial score (nSPS) is 11.3. The van der Waals surface area contributed by atoms with Crippen LogP contribution >= 0.6 is 11.8 Å². The Bertz CT molecular complexity index is 1230. The Morgan fingerprint density at radius 3 is 2.59 bits per heavy atom. The molecule has 27 heavy (non-hydrogen) atoms. The summed E-state index contributed by atoms with van der Waals surface area (Å²) in [4.78, 5) is 4.06. The van der Waals surface area contributed by atoms with Crippen molar-refractivity contribution in [2.24, 2.45) is 0 Å². The highest BCUT2D eigenvalue weighted by atomic mass is 32.2. The Balaban J connectivity index is 1.47. The van der Waals surface area contributed by atoms with E-state index in [4.69, 9.17) is 5.10 Å². The van der Waals surface area contributed by atoms with Crippen LogP contribution in [-0.4, -0.2) is 24.8 Å². The molecule has 5 aromatic rings. The van der Waals surface area contributed by atoms with E-state index in [1.54, 1.807) is 28.7 Å². The van der Waals surface area contributed by atoms with Gasteiger partial charge in [0.2, 0.25) is 0 Å². The molecule has 2 aromatic carbocycles. The van der Waals surface area contributed by atoms with Crippen LogP contribution in [0.2, 0.25) is 0 Å². The maximum atomic E-state index is 4.74. The first-order valence-electron chi connectivity index (χ1n) is 8.61. The third kappa shape index (κ3) is 3.04. The van der Waals surface area contributed by atoms with E-state index in [-0.39, 0.29) is 0 Å². The van der Waals surface area contributed by atoms with Gasteiger partial charge in [-0.3, -0.25) is 4.98 Å². The predicted molar refractivity (Wildman–Crippen MR) is 108 cm³/mol. The topological polar surface area (TPSA) is 56.0 Å². The van der Waals surface area contributed by atoms with Gasteiger partial charge in [0, 0.05) is 23.7 Å². The molecule has 0 atom stereocenters. The van der Waals surface area contributed by atoms with Crippen molar-refractivity contribution < 1.29 is 0 Å². The van der Waals surface area contributed by atoms with Gasteiger partial charge >= 0.3 is 0 Å². The summed E-state index contributed by atoms with van der Waals surface area (Å²) in [6.45, 7) is 0. The summed E-state index contributed by atoms with van der Waals surface area (Å²) in [7, 11) is 0. The number of pyridine rings is 1. The summed E-state index contributed by atoms with van der Waals surface area (Å²) >= 11 is 1.71. The number of thioether (sulfide) groups is 1. The van der Waals surface area contributed by atoms with E-state index in [1.165, 1.54) is 16.3 Å². The van der Waals surface area contributed by atoms with E-state index in [2.05, 4.69) is 57.6 Å². The molecular formula is C21H15N5S. The van der Waals surface area contributed by atoms with Crippen molar-refractivity contribution in [3.63, 3.8) is 0 Å². The van der Waals surface area contributed by atoms with E-state index >= 15 is 0 Å². The molecule has 6 heteroatoms. The summed E-state index contributed by atoms with van der Waals surface area (Å²) in [5.41, 5.74) is 2.98. The lowest BCUT2D eigenvalue weighted by atomic mass is 10.1. The molecule has 3 heterocycles. The molecule has 130 valence electrons. The number of aromatic nitrogens is 5. The molecule has 3 aromatic heterocycles. The fourth-order valence-electron chi connectivity index (χ4n) is 3.10. The zero-order chi connectivity index (χ0) is 18.1. The quantitative estimate of drug-likeness (QED) is 0.432. The maximum absolute atomic E-state index is 4.74. The van der Waals surface area contributed by atoms with E-state index in [0.29, 0.717) is 0 Å². The Labute approximate surface area is 160 Å². The van der Waals surface area contributed by atoms with E-state index in [0.717, 1.165) is 27.8 Å². The van der Waals surface area contributed by atoms with E-state index in [1.807, 2.05) is 24.3 Å². The van der Waals surface area contributed by atoms with Crippen molar-refractivity contribution in [3.8, 4) is 11.4 Å². The van der Waals surface area contributed by atoms with Crippen LogP contribution in [0, 0.1) is 0 Å². The summed E-state index contributed by atoms with van der Waals surface area (Å²) in [6.07, 6.45) is 3.49. The van der Waals surface area contributed by atoms with Gasteiger partial charge in [-0.25, -0.2) is 0 Å². The van der Waals surface area contributed by atoms with Crippen LogP contribution in [0.1, 0.15) is 5.56 Å². The second kappa shape index (κ2) is 6.81. The summed E-state index contributed by atoms with van der Waals surface area (Å²) in [6, 6.07) is 22.7. The molecular weight excluding hydrogens is 354 g/mol. The Kier molecular flexibility index (Phi) is 4.03. The average Bonchev–Trinajstić information content (AvgIpc) is 3.16. The predicted octanol–water partition coefficient (Wildman–Crippen LogP) is 4.63. The van der Waals surface area contributed by atoms with Gasteiger partial charge in [-0.1, -0.05) is 54.2 Å². The molecule has 0 bridgehead atoms. The van der Waals surface area contributed by atoms with Gasteiger partial charge in [0.15, 0.2) is 11.5 Å². The minimum Gasteiger partial charge on any atom is -0.265 e. The molecule has 0 aliphatic carbocycles. The summed E-state index contributed by atoms with van der Waals surface area (Å²) in [5.74, 6) is 1.58. The molecule has 0 radical (unpaired) electrons. The van der Waals surface area contributed by atoms with Crippen molar-refractivity contribution >= 4 is 28.2 Å². The highest BCUT2D eigenvalue weighted by molar-refractivity contribution is 7.98. The third-order valence-electron chi connectivity index (χ3n) is 4.43. The van der Waals surface area contributed by atoms with Gasteiger partial charge in [0.25, 0.3) is 0 Å². The number of rotatable bonds is 4. The number of benzene rings is 2. The molecule has 0 aliphatic heterocycles. The fraction of sp³-hybridized carbons (Fsp3) is 0.0476. The second-order valence-corrected chi connectivity index (χ2v) is 7.12. The largest absolute Gasteiger partial charge is 0.265 e. The van der Waals surface area contributed by atoms with Crippen LogP contribution in [-0.2, 0) is 5.75 Å². The van der Waals surface area contributed by atoms with Crippen LogP contribution in [0.25, 0.3) is 27.8 Å². The number of fused-ring (bicyclic) bond motifs is 2. The van der Waals surface area contributed by atoms with Gasteiger partial charge in [0.05, 0.1) is 0 Å². The van der Waals surface area contributed by atoms with E-state index < -0.39 is 0 Å². The first-order valence-corrected chi connectivity index (χ1v) is 9.59. The standard InChI is InChI=1S/C21H15N5S/c1-2-7-18-15(4-1)5-3-6-17(18)14-27-20-9-8-19-23-24-21(26(19)25-20)16-10-12-22-13-11-16/h1-13H,14H2. The summed E-state index contributed by atoms with van der Waals surface area (Å²) in [5, 5.41) is 16.7. The molecule has 5 rings (SSSR count). The lowest BCUT2D eigenvalue weighted by Gasteiger charge is -2.06. The molecule has 0 spiro atoms. The minimum atomic E-state index is 0.722. The van der Waals surface area contributed by atoms with Crippen molar-refractivity contribution in [1.82, 2.24) is 24.8 Å². The zero-order valence-electron chi connectivity index (χ0n) is 14.4. The smallest absolute Gasteiger partial charge is 0.185 e. The molecule has 0 saturated heterocycles. The van der Waals surface area contributed by atoms with Crippen molar-refractivity contribution in [2.45, 2.75) is 10.8 Å². The average molecular weight is 369 g/mol. The van der Waals surface area contributed by atoms with Gasteiger partial charge in [-0.2, -0.15) is 9.61 Å². The molecule has 0 unspecified atom stereocenters. The maximum Gasteiger partial charge on any atom is 0.185 e. The van der Waals surface area contributed by atoms with Gasteiger partial charge < -0.3 is 0 Å². The number of hydrogen-bond acceptors (Lipinski definition) is 5. The van der Waals surface area contributed by atoms with Crippen LogP contribution in [0.3, 0.4) is 0 Å². The van der Waals surface area contributed by atoms with Crippen molar-refractivity contribution in [2.75, 3.05) is 0 Å². The minimum absolute atomic E-state index is 0.722. The Morgan fingerprint density at radius 1 is 0.815 bits per heavy atom. The van der Waals surface area contributed by atoms with E-state index in [9.17, 15) is 0 Å². The lowest BCUT2D eigenvalue weighted by Crippen LogP contribution is -1.97. The molecule has 0 saturated carbocycles. The van der Waals surface area contributed by atoms with Crippen LogP contribution in [0.15, 0.2) is 84.1 Å². The molecule has 0 amide bonds. The first-order chi connectivity index (χ1) is 13.4. The van der Waals surface area contributed by atoms with Gasteiger partial charge in [-0.05, 0) is 40.6 Å². The molecule has 0 aliphatic rings. The first kappa shape index (κ1) is 16.0. The summed E-state index contributed by atoms with van der Waals surface area (Å²) < 4.78 is 1.79. The molecule has 5 nitrogen and oxygen atoms in total. The number of nitrogens with zero attached hydrogens (tertiary/aromatic N) is 5. The highest BCUT2D eigenvalue weighted by Crippen LogP contribution is 2.27. The van der Waals surface area contributed by atoms with Crippen LogP contribution in [0.5, 0.6) is 0 Å². The van der Waals surface area contributed by atoms with Crippen molar-refractivity contribution in [3.05, 3.63) is 84.7 Å². The van der Waals surface area contributed by atoms with Crippen LogP contribution in [0.4, 0.5) is 0 Å². The Hall–Kier alpha value is -3.25. The van der Waals surface area contributed by atoms with Crippen LogP contribution < -0.4 is 0 Å².